The zero-order valence-electron chi connectivity index (χ0n) is 18.4. The van der Waals surface area contributed by atoms with Crippen molar-refractivity contribution in [2.75, 3.05) is 19.5 Å². The number of carbonyl (C=O) groups excluding carboxylic acids is 2. The number of hydrogen-bond acceptors (Lipinski definition) is 6. The molecule has 0 saturated carbocycles. The first-order valence-corrected chi connectivity index (χ1v) is 10.3. The number of amides is 1. The average molecular weight is 445 g/mol. The van der Waals surface area contributed by atoms with Crippen LogP contribution in [0.3, 0.4) is 0 Å². The molecule has 2 N–H and O–H groups in total. The van der Waals surface area contributed by atoms with Crippen molar-refractivity contribution in [3.05, 3.63) is 72.3 Å². The Bertz CT molecular complexity index is 1300. The molecule has 1 amide bonds. The van der Waals surface area contributed by atoms with Gasteiger partial charge < -0.3 is 24.5 Å². The maximum absolute atomic E-state index is 12.6. The van der Waals surface area contributed by atoms with E-state index in [1.807, 2.05) is 24.3 Å². The number of nitrogens with one attached hydrogen (secondary N) is 2. The lowest BCUT2D eigenvalue weighted by Crippen LogP contribution is -2.30. The van der Waals surface area contributed by atoms with E-state index in [9.17, 15) is 9.59 Å². The normalized spacial score (nSPS) is 11.6. The van der Waals surface area contributed by atoms with Crippen LogP contribution in [0.1, 0.15) is 17.3 Å². The Balaban J connectivity index is 1.45. The number of anilines is 1. The molecule has 0 aliphatic carbocycles. The van der Waals surface area contributed by atoms with Gasteiger partial charge in [0, 0.05) is 17.3 Å². The number of hydrogen-bond donors (Lipinski definition) is 2. The Morgan fingerprint density at radius 2 is 1.70 bits per heavy atom. The van der Waals surface area contributed by atoms with E-state index in [1.54, 1.807) is 56.7 Å². The summed E-state index contributed by atoms with van der Waals surface area (Å²) >= 11 is 0. The number of methoxy groups -OCH3 is 2. The average Bonchev–Trinajstić information content (AvgIpc) is 3.27. The Morgan fingerprint density at radius 1 is 0.939 bits per heavy atom. The molecule has 0 saturated heterocycles. The molecule has 3 aromatic carbocycles. The maximum Gasteiger partial charge on any atom is 0.338 e. The highest BCUT2D eigenvalue weighted by molar-refractivity contribution is 5.98. The molecule has 0 radical (unpaired) electrons. The van der Waals surface area contributed by atoms with E-state index in [2.05, 4.69) is 15.3 Å². The molecule has 8 heteroatoms. The van der Waals surface area contributed by atoms with Crippen molar-refractivity contribution in [1.82, 2.24) is 9.97 Å². The minimum atomic E-state index is -0.990. The number of ether oxygens (including phenoxy) is 3. The number of rotatable bonds is 7. The molecule has 0 bridgehead atoms. The first kappa shape index (κ1) is 21.9. The summed E-state index contributed by atoms with van der Waals surface area (Å²) < 4.78 is 15.7. The zero-order chi connectivity index (χ0) is 23.4. The van der Waals surface area contributed by atoms with Gasteiger partial charge in [0.15, 0.2) is 6.10 Å². The number of nitrogens with zero attached hydrogens (tertiary/aromatic N) is 1. The Hall–Kier alpha value is -4.33. The maximum atomic E-state index is 12.6. The van der Waals surface area contributed by atoms with Gasteiger partial charge in [-0.2, -0.15) is 0 Å². The number of benzene rings is 3. The van der Waals surface area contributed by atoms with Crippen molar-refractivity contribution in [1.29, 1.82) is 0 Å². The summed E-state index contributed by atoms with van der Waals surface area (Å²) in [5.41, 5.74) is 3.14. The van der Waals surface area contributed by atoms with Gasteiger partial charge in [0.1, 0.15) is 17.3 Å². The van der Waals surface area contributed by atoms with E-state index < -0.39 is 18.0 Å². The van der Waals surface area contributed by atoms with Crippen LogP contribution in [0.25, 0.3) is 22.4 Å². The fourth-order valence-corrected chi connectivity index (χ4v) is 3.25. The van der Waals surface area contributed by atoms with Crippen LogP contribution in [0.4, 0.5) is 5.69 Å². The summed E-state index contributed by atoms with van der Waals surface area (Å²) in [5.74, 6) is 0.986. The fourth-order valence-electron chi connectivity index (χ4n) is 3.25. The molecule has 168 valence electrons. The van der Waals surface area contributed by atoms with Crippen molar-refractivity contribution < 1.29 is 23.8 Å². The molecule has 1 heterocycles. The number of esters is 1. The van der Waals surface area contributed by atoms with Crippen LogP contribution in [0.5, 0.6) is 11.5 Å². The standard InChI is InChI=1S/C25H23N3O5/c1-15(24(29)26-18-5-4-6-20(14-18)32-3)33-25(30)17-9-12-21-22(13-17)28-23(27-21)16-7-10-19(31-2)11-8-16/h4-15H,1-3H3,(H,26,29)(H,27,28). The van der Waals surface area contributed by atoms with Crippen LogP contribution in [-0.4, -0.2) is 42.2 Å². The number of H-pyrrole nitrogens is 1. The Kier molecular flexibility index (Phi) is 6.26. The molecule has 8 nitrogen and oxygen atoms in total. The summed E-state index contributed by atoms with van der Waals surface area (Å²) in [7, 11) is 3.15. The molecule has 1 atom stereocenters. The second-order valence-electron chi connectivity index (χ2n) is 7.31. The van der Waals surface area contributed by atoms with Gasteiger partial charge in [0.25, 0.3) is 5.91 Å². The van der Waals surface area contributed by atoms with E-state index in [1.165, 1.54) is 6.92 Å². The summed E-state index contributed by atoms with van der Waals surface area (Å²) in [5, 5.41) is 2.71. The number of imidazole rings is 1. The highest BCUT2D eigenvalue weighted by atomic mass is 16.5. The lowest BCUT2D eigenvalue weighted by atomic mass is 10.2. The van der Waals surface area contributed by atoms with E-state index in [0.29, 0.717) is 33.9 Å². The summed E-state index contributed by atoms with van der Waals surface area (Å²) in [6.45, 7) is 1.52. The summed E-state index contributed by atoms with van der Waals surface area (Å²) in [6.07, 6.45) is -0.990. The topological polar surface area (TPSA) is 103 Å². The molecular formula is C25H23N3O5. The highest BCUT2D eigenvalue weighted by Crippen LogP contribution is 2.24. The van der Waals surface area contributed by atoms with Crippen molar-refractivity contribution in [3.8, 4) is 22.9 Å². The van der Waals surface area contributed by atoms with Crippen LogP contribution in [-0.2, 0) is 9.53 Å². The van der Waals surface area contributed by atoms with Gasteiger partial charge >= 0.3 is 5.97 Å². The van der Waals surface area contributed by atoms with E-state index in [4.69, 9.17) is 14.2 Å². The number of carbonyl (C=O) groups is 2. The number of fused-ring (bicyclic) bond motifs is 1. The minimum absolute atomic E-state index is 0.313. The molecule has 0 fully saturated rings. The van der Waals surface area contributed by atoms with Crippen LogP contribution >= 0.6 is 0 Å². The molecule has 33 heavy (non-hydrogen) atoms. The van der Waals surface area contributed by atoms with Gasteiger partial charge in [0.2, 0.25) is 0 Å². The Morgan fingerprint density at radius 3 is 2.42 bits per heavy atom. The molecule has 1 unspecified atom stereocenters. The number of aromatic amines is 1. The second-order valence-corrected chi connectivity index (χ2v) is 7.31. The monoisotopic (exact) mass is 445 g/mol. The molecule has 0 aliphatic rings. The molecule has 0 spiro atoms. The zero-order valence-corrected chi connectivity index (χ0v) is 18.4. The smallest absolute Gasteiger partial charge is 0.338 e. The molecule has 0 aliphatic heterocycles. The molecule has 4 rings (SSSR count). The highest BCUT2D eigenvalue weighted by Gasteiger charge is 2.20. The predicted octanol–water partition coefficient (Wildman–Crippen LogP) is 4.43. The van der Waals surface area contributed by atoms with Crippen LogP contribution in [0, 0.1) is 0 Å². The SMILES string of the molecule is COc1ccc(-c2nc3ccc(C(=O)OC(C)C(=O)Nc4cccc(OC)c4)cc3[nH]2)cc1. The van der Waals surface area contributed by atoms with E-state index >= 15 is 0 Å². The van der Waals surface area contributed by atoms with Crippen LogP contribution in [0.15, 0.2) is 66.7 Å². The van der Waals surface area contributed by atoms with Crippen molar-refractivity contribution in [3.63, 3.8) is 0 Å². The summed E-state index contributed by atoms with van der Waals surface area (Å²) in [4.78, 5) is 32.9. The van der Waals surface area contributed by atoms with Crippen LogP contribution < -0.4 is 14.8 Å². The first-order chi connectivity index (χ1) is 16.0. The lowest BCUT2D eigenvalue weighted by Gasteiger charge is -2.14. The van der Waals surface area contributed by atoms with Crippen molar-refractivity contribution in [2.24, 2.45) is 0 Å². The molecule has 1 aromatic heterocycles. The lowest BCUT2D eigenvalue weighted by molar-refractivity contribution is -0.123. The molecule has 4 aromatic rings. The van der Waals surface area contributed by atoms with Gasteiger partial charge in [0.05, 0.1) is 30.8 Å². The molecular weight excluding hydrogens is 422 g/mol. The first-order valence-electron chi connectivity index (χ1n) is 10.3. The summed E-state index contributed by atoms with van der Waals surface area (Å²) in [6, 6.07) is 19.4. The number of aromatic nitrogens is 2. The minimum Gasteiger partial charge on any atom is -0.497 e. The largest absolute Gasteiger partial charge is 0.497 e. The second kappa shape index (κ2) is 9.44. The third kappa shape index (κ3) is 4.95. The van der Waals surface area contributed by atoms with Gasteiger partial charge in [-0.25, -0.2) is 9.78 Å². The van der Waals surface area contributed by atoms with Crippen LogP contribution in [0.2, 0.25) is 0 Å². The fraction of sp³-hybridized carbons (Fsp3) is 0.160. The van der Waals surface area contributed by atoms with Gasteiger partial charge in [-0.15, -0.1) is 0 Å². The van der Waals surface area contributed by atoms with Gasteiger partial charge in [-0.3, -0.25) is 4.79 Å². The van der Waals surface area contributed by atoms with E-state index in [-0.39, 0.29) is 0 Å². The van der Waals surface area contributed by atoms with Gasteiger partial charge in [-0.1, -0.05) is 6.07 Å². The van der Waals surface area contributed by atoms with Crippen molar-refractivity contribution in [2.45, 2.75) is 13.0 Å². The third-order valence-corrected chi connectivity index (χ3v) is 5.07. The predicted molar refractivity (Wildman–Crippen MR) is 125 cm³/mol. The van der Waals surface area contributed by atoms with Crippen molar-refractivity contribution >= 4 is 28.6 Å². The Labute approximate surface area is 190 Å². The quantitative estimate of drug-likeness (QED) is 0.408. The third-order valence-electron chi connectivity index (χ3n) is 5.07. The van der Waals surface area contributed by atoms with E-state index in [0.717, 1.165) is 11.3 Å². The van der Waals surface area contributed by atoms with Gasteiger partial charge in [-0.05, 0) is 61.5 Å².